The summed E-state index contributed by atoms with van der Waals surface area (Å²) in [5.74, 6) is 0.361. The van der Waals surface area contributed by atoms with Gasteiger partial charge >= 0.3 is 0 Å². The lowest BCUT2D eigenvalue weighted by Gasteiger charge is -2.32. The van der Waals surface area contributed by atoms with Crippen molar-refractivity contribution in [3.8, 4) is 0 Å². The van der Waals surface area contributed by atoms with Gasteiger partial charge in [-0.2, -0.15) is 0 Å². The van der Waals surface area contributed by atoms with Crippen LogP contribution in [-0.4, -0.2) is 61.4 Å². The molecule has 1 aliphatic carbocycles. The monoisotopic (exact) mass is 400 g/mol. The number of carbonyl (C=O) groups excluding carboxylic acids is 2. The van der Waals surface area contributed by atoms with Crippen LogP contribution < -0.4 is 10.6 Å². The first-order valence-corrected chi connectivity index (χ1v) is 11.1. The number of likely N-dealkylation sites (N-methyl/N-ethyl adjacent to an activating group) is 1. The van der Waals surface area contributed by atoms with Gasteiger partial charge in [-0.1, -0.05) is 43.5 Å². The van der Waals surface area contributed by atoms with Crippen LogP contribution in [0.3, 0.4) is 0 Å². The Morgan fingerprint density at radius 3 is 2.24 bits per heavy atom. The molecule has 1 aliphatic heterocycles. The molecular formula is C23H36N4O2. The van der Waals surface area contributed by atoms with Gasteiger partial charge in [-0.3, -0.25) is 14.5 Å². The summed E-state index contributed by atoms with van der Waals surface area (Å²) >= 11 is 0. The molecule has 0 atom stereocenters. The maximum atomic E-state index is 12.0. The van der Waals surface area contributed by atoms with Crippen LogP contribution in [0.5, 0.6) is 0 Å². The minimum Gasteiger partial charge on any atom is -0.350 e. The molecule has 160 valence electrons. The predicted octanol–water partition coefficient (Wildman–Crippen LogP) is 2.14. The van der Waals surface area contributed by atoms with E-state index < -0.39 is 0 Å². The van der Waals surface area contributed by atoms with Crippen molar-refractivity contribution in [1.82, 2.24) is 20.4 Å². The minimum atomic E-state index is -0.136. The van der Waals surface area contributed by atoms with Crippen molar-refractivity contribution in [2.45, 2.75) is 51.6 Å². The van der Waals surface area contributed by atoms with Crippen molar-refractivity contribution in [1.29, 1.82) is 0 Å². The van der Waals surface area contributed by atoms with E-state index in [9.17, 15) is 9.59 Å². The first-order chi connectivity index (χ1) is 14.1. The van der Waals surface area contributed by atoms with Gasteiger partial charge in [0, 0.05) is 45.7 Å². The highest BCUT2D eigenvalue weighted by atomic mass is 16.2. The second kappa shape index (κ2) is 11.3. The molecule has 1 saturated carbocycles. The fourth-order valence-corrected chi connectivity index (χ4v) is 4.19. The second-order valence-electron chi connectivity index (χ2n) is 8.66. The van der Waals surface area contributed by atoms with E-state index in [2.05, 4.69) is 51.7 Å². The SMILES string of the molecule is CN1CCN(Cc2ccc(CNC(=O)CNC(=O)CC3CCCCC3)cc2)CC1. The molecule has 1 aromatic rings. The lowest BCUT2D eigenvalue weighted by molar-refractivity contribution is -0.126. The van der Waals surface area contributed by atoms with E-state index >= 15 is 0 Å². The first-order valence-electron chi connectivity index (χ1n) is 11.1. The molecule has 3 rings (SSSR count). The van der Waals surface area contributed by atoms with Crippen LogP contribution in [0.1, 0.15) is 49.7 Å². The van der Waals surface area contributed by atoms with Crippen LogP contribution in [-0.2, 0) is 22.7 Å². The van der Waals surface area contributed by atoms with E-state index in [-0.39, 0.29) is 18.4 Å². The fourth-order valence-electron chi connectivity index (χ4n) is 4.19. The second-order valence-corrected chi connectivity index (χ2v) is 8.66. The van der Waals surface area contributed by atoms with Crippen LogP contribution in [0.25, 0.3) is 0 Å². The van der Waals surface area contributed by atoms with Gasteiger partial charge in [-0.25, -0.2) is 0 Å². The Labute approximate surface area is 175 Å². The highest BCUT2D eigenvalue weighted by Crippen LogP contribution is 2.25. The van der Waals surface area contributed by atoms with Crippen molar-refractivity contribution in [2.75, 3.05) is 39.8 Å². The summed E-state index contributed by atoms with van der Waals surface area (Å²) in [5, 5.41) is 5.66. The highest BCUT2D eigenvalue weighted by molar-refractivity contribution is 5.84. The first kappa shape index (κ1) is 21.8. The summed E-state index contributed by atoms with van der Waals surface area (Å²) in [5.41, 5.74) is 2.38. The molecular weight excluding hydrogens is 364 g/mol. The predicted molar refractivity (Wildman–Crippen MR) is 115 cm³/mol. The number of amides is 2. The van der Waals surface area contributed by atoms with Crippen LogP contribution in [0.15, 0.2) is 24.3 Å². The third-order valence-corrected chi connectivity index (χ3v) is 6.16. The van der Waals surface area contributed by atoms with E-state index in [1.807, 2.05) is 0 Å². The molecule has 1 aromatic carbocycles. The Bertz CT molecular complexity index is 647. The summed E-state index contributed by atoms with van der Waals surface area (Å²) < 4.78 is 0. The maximum Gasteiger partial charge on any atom is 0.239 e. The van der Waals surface area contributed by atoms with E-state index in [1.54, 1.807) is 0 Å². The molecule has 2 amide bonds. The minimum absolute atomic E-state index is 0.000286. The smallest absolute Gasteiger partial charge is 0.239 e. The Hall–Kier alpha value is -1.92. The summed E-state index contributed by atoms with van der Waals surface area (Å²) in [6, 6.07) is 8.44. The lowest BCUT2D eigenvalue weighted by atomic mass is 9.87. The van der Waals surface area contributed by atoms with Crippen LogP contribution >= 0.6 is 0 Å². The molecule has 6 heteroatoms. The number of benzene rings is 1. The van der Waals surface area contributed by atoms with Crippen molar-refractivity contribution in [2.24, 2.45) is 5.92 Å². The Kier molecular flexibility index (Phi) is 8.50. The molecule has 2 aliphatic rings. The number of hydrogen-bond acceptors (Lipinski definition) is 4. The molecule has 0 radical (unpaired) electrons. The van der Waals surface area contributed by atoms with Crippen LogP contribution in [0, 0.1) is 5.92 Å². The molecule has 0 aromatic heterocycles. The van der Waals surface area contributed by atoms with E-state index in [4.69, 9.17) is 0 Å². The average Bonchev–Trinajstić information content (AvgIpc) is 2.74. The van der Waals surface area contributed by atoms with Gasteiger partial charge < -0.3 is 15.5 Å². The third kappa shape index (κ3) is 7.78. The van der Waals surface area contributed by atoms with Crippen LogP contribution in [0.2, 0.25) is 0 Å². The molecule has 0 unspecified atom stereocenters. The number of rotatable bonds is 8. The highest BCUT2D eigenvalue weighted by Gasteiger charge is 2.17. The third-order valence-electron chi connectivity index (χ3n) is 6.16. The van der Waals surface area contributed by atoms with Crippen molar-refractivity contribution in [3.63, 3.8) is 0 Å². The summed E-state index contributed by atoms with van der Waals surface area (Å²) in [6.45, 7) is 6.01. The molecule has 0 bridgehead atoms. The van der Waals surface area contributed by atoms with Crippen LogP contribution in [0.4, 0.5) is 0 Å². The zero-order chi connectivity index (χ0) is 20.5. The van der Waals surface area contributed by atoms with Crippen molar-refractivity contribution >= 4 is 11.8 Å². The Morgan fingerprint density at radius 2 is 1.55 bits per heavy atom. The molecule has 6 nitrogen and oxygen atoms in total. The number of piperazine rings is 1. The Morgan fingerprint density at radius 1 is 0.897 bits per heavy atom. The van der Waals surface area contributed by atoms with Gasteiger partial charge in [0.2, 0.25) is 11.8 Å². The van der Waals surface area contributed by atoms with Crippen molar-refractivity contribution < 1.29 is 9.59 Å². The average molecular weight is 401 g/mol. The zero-order valence-electron chi connectivity index (χ0n) is 17.8. The molecule has 2 fully saturated rings. The summed E-state index contributed by atoms with van der Waals surface area (Å²) in [6.07, 6.45) is 6.59. The normalized spacial score (nSPS) is 19.1. The lowest BCUT2D eigenvalue weighted by Crippen LogP contribution is -2.43. The molecule has 2 N–H and O–H groups in total. The number of nitrogens with one attached hydrogen (secondary N) is 2. The van der Waals surface area contributed by atoms with Gasteiger partial charge in [0.1, 0.15) is 0 Å². The largest absolute Gasteiger partial charge is 0.350 e. The number of hydrogen-bond donors (Lipinski definition) is 2. The number of carbonyl (C=O) groups is 2. The van der Waals surface area contributed by atoms with Gasteiger partial charge in [0.25, 0.3) is 0 Å². The van der Waals surface area contributed by atoms with Gasteiger partial charge in [-0.05, 0) is 36.9 Å². The topological polar surface area (TPSA) is 64.7 Å². The molecule has 1 heterocycles. The van der Waals surface area contributed by atoms with E-state index in [1.165, 1.54) is 24.8 Å². The van der Waals surface area contributed by atoms with E-state index in [0.29, 0.717) is 18.9 Å². The zero-order valence-corrected chi connectivity index (χ0v) is 17.8. The van der Waals surface area contributed by atoms with Gasteiger partial charge in [0.15, 0.2) is 0 Å². The maximum absolute atomic E-state index is 12.0. The molecule has 1 saturated heterocycles. The summed E-state index contributed by atoms with van der Waals surface area (Å²) in [7, 11) is 2.17. The fraction of sp³-hybridized carbons (Fsp3) is 0.652. The quantitative estimate of drug-likeness (QED) is 0.702. The summed E-state index contributed by atoms with van der Waals surface area (Å²) in [4.78, 5) is 28.9. The van der Waals surface area contributed by atoms with Gasteiger partial charge in [-0.15, -0.1) is 0 Å². The van der Waals surface area contributed by atoms with Gasteiger partial charge in [0.05, 0.1) is 6.54 Å². The standard InChI is InChI=1S/C23H36N4O2/c1-26-11-13-27(14-12-26)18-21-9-7-20(8-10-21)16-24-23(29)17-25-22(28)15-19-5-3-2-4-6-19/h7-10,19H,2-6,11-18H2,1H3,(H,24,29)(H,25,28). The molecule has 29 heavy (non-hydrogen) atoms. The number of nitrogens with zero attached hydrogens (tertiary/aromatic N) is 2. The Balaban J connectivity index is 1.31. The van der Waals surface area contributed by atoms with Crippen molar-refractivity contribution in [3.05, 3.63) is 35.4 Å². The molecule has 0 spiro atoms. The van der Waals surface area contributed by atoms with E-state index in [0.717, 1.165) is 51.1 Å².